The lowest BCUT2D eigenvalue weighted by molar-refractivity contribution is 0.0819. The third-order valence-corrected chi connectivity index (χ3v) is 4.09. The molecular formula is C13H17BrClNO. The Morgan fingerprint density at radius 1 is 1.41 bits per heavy atom. The number of hydrogen-bond acceptors (Lipinski definition) is 2. The maximum atomic E-state index is 5.99. The van der Waals surface area contributed by atoms with Gasteiger partial charge in [-0.1, -0.05) is 22.0 Å². The van der Waals surface area contributed by atoms with Gasteiger partial charge in [-0.25, -0.2) is 0 Å². The summed E-state index contributed by atoms with van der Waals surface area (Å²) in [6.45, 7) is 2.08. The molecular weight excluding hydrogens is 302 g/mol. The molecule has 0 bridgehead atoms. The lowest BCUT2D eigenvalue weighted by Crippen LogP contribution is -2.37. The predicted octanol–water partition coefficient (Wildman–Crippen LogP) is 3.80. The molecule has 0 atom stereocenters. The van der Waals surface area contributed by atoms with Gasteiger partial charge in [0.2, 0.25) is 0 Å². The van der Waals surface area contributed by atoms with E-state index in [1.807, 2.05) is 6.07 Å². The summed E-state index contributed by atoms with van der Waals surface area (Å²) in [4.78, 5) is 2.40. The van der Waals surface area contributed by atoms with Crippen LogP contribution in [0.25, 0.3) is 0 Å². The van der Waals surface area contributed by atoms with Gasteiger partial charge in [-0.05, 0) is 30.5 Å². The molecule has 0 aliphatic carbocycles. The summed E-state index contributed by atoms with van der Waals surface area (Å²) in [6, 6.07) is 6.29. The number of methoxy groups -OCH3 is 1. The Hall–Kier alpha value is -0.250. The molecule has 0 spiro atoms. The van der Waals surface area contributed by atoms with Crippen LogP contribution in [0.5, 0.6) is 0 Å². The van der Waals surface area contributed by atoms with Crippen LogP contribution < -0.4 is 4.90 Å². The number of anilines is 1. The molecule has 17 heavy (non-hydrogen) atoms. The van der Waals surface area contributed by atoms with Crippen LogP contribution >= 0.6 is 27.5 Å². The lowest BCUT2D eigenvalue weighted by atomic mass is 10.1. The number of hydrogen-bond donors (Lipinski definition) is 0. The van der Waals surface area contributed by atoms with Crippen molar-refractivity contribution in [3.8, 4) is 0 Å². The minimum absolute atomic E-state index is 0.415. The fourth-order valence-electron chi connectivity index (χ4n) is 2.28. The summed E-state index contributed by atoms with van der Waals surface area (Å²) in [6.07, 6.45) is 2.59. The summed E-state index contributed by atoms with van der Waals surface area (Å²) in [7, 11) is 1.80. The van der Waals surface area contributed by atoms with E-state index in [1.54, 1.807) is 7.11 Å². The highest BCUT2D eigenvalue weighted by atomic mass is 79.9. The average molecular weight is 319 g/mol. The molecule has 0 unspecified atom stereocenters. The Morgan fingerprint density at radius 2 is 2.12 bits per heavy atom. The Kier molecular flexibility index (Phi) is 4.71. The van der Waals surface area contributed by atoms with Crippen LogP contribution in [0.4, 0.5) is 5.69 Å². The van der Waals surface area contributed by atoms with E-state index in [0.717, 1.165) is 30.4 Å². The summed E-state index contributed by atoms with van der Waals surface area (Å²) in [5.41, 5.74) is 2.45. The third-order valence-electron chi connectivity index (χ3n) is 3.31. The maximum Gasteiger partial charge on any atom is 0.0605 e. The second kappa shape index (κ2) is 6.07. The van der Waals surface area contributed by atoms with Crippen LogP contribution in [0.3, 0.4) is 0 Å². The van der Waals surface area contributed by atoms with Crippen LogP contribution in [-0.2, 0) is 10.6 Å². The molecule has 1 fully saturated rings. The smallest absolute Gasteiger partial charge is 0.0605 e. The highest BCUT2D eigenvalue weighted by molar-refractivity contribution is 9.10. The van der Waals surface area contributed by atoms with E-state index in [2.05, 4.69) is 33.0 Å². The van der Waals surface area contributed by atoms with Gasteiger partial charge in [0.1, 0.15) is 0 Å². The van der Waals surface area contributed by atoms with Gasteiger partial charge in [-0.2, -0.15) is 0 Å². The van der Waals surface area contributed by atoms with Crippen molar-refractivity contribution >= 4 is 33.2 Å². The van der Waals surface area contributed by atoms with Crippen molar-refractivity contribution in [2.24, 2.45) is 0 Å². The minimum atomic E-state index is 0.415. The number of rotatable bonds is 3. The molecule has 0 radical (unpaired) electrons. The summed E-state index contributed by atoms with van der Waals surface area (Å²) in [5.74, 6) is 0.562. The summed E-state index contributed by atoms with van der Waals surface area (Å²) >= 11 is 9.52. The van der Waals surface area contributed by atoms with Crippen LogP contribution in [0.2, 0.25) is 0 Å². The first-order valence-electron chi connectivity index (χ1n) is 5.86. The normalized spacial score (nSPS) is 17.5. The highest BCUT2D eigenvalue weighted by Gasteiger charge is 2.20. The Bertz CT molecular complexity index is 378. The lowest BCUT2D eigenvalue weighted by Gasteiger charge is -2.34. The van der Waals surface area contributed by atoms with Crippen molar-refractivity contribution in [1.29, 1.82) is 0 Å². The van der Waals surface area contributed by atoms with E-state index in [4.69, 9.17) is 16.3 Å². The zero-order valence-corrected chi connectivity index (χ0v) is 12.3. The summed E-state index contributed by atoms with van der Waals surface area (Å²) < 4.78 is 6.50. The quantitative estimate of drug-likeness (QED) is 0.786. The van der Waals surface area contributed by atoms with Crippen LogP contribution in [0.1, 0.15) is 18.4 Å². The molecule has 1 aromatic rings. The molecule has 2 rings (SSSR count). The highest BCUT2D eigenvalue weighted by Crippen LogP contribution is 2.29. The van der Waals surface area contributed by atoms with Gasteiger partial charge in [0.05, 0.1) is 6.10 Å². The van der Waals surface area contributed by atoms with E-state index >= 15 is 0 Å². The van der Waals surface area contributed by atoms with E-state index in [1.165, 1.54) is 11.3 Å². The number of halogens is 2. The maximum absolute atomic E-state index is 5.99. The van der Waals surface area contributed by atoms with Crippen LogP contribution in [0, 0.1) is 0 Å². The van der Waals surface area contributed by atoms with Crippen molar-refractivity contribution in [2.45, 2.75) is 24.8 Å². The van der Waals surface area contributed by atoms with Gasteiger partial charge in [0.25, 0.3) is 0 Å². The number of ether oxygens (including phenoxy) is 1. The van der Waals surface area contributed by atoms with Crippen molar-refractivity contribution < 1.29 is 4.74 Å². The number of nitrogens with zero attached hydrogens (tertiary/aromatic N) is 1. The first kappa shape index (κ1) is 13.2. The molecule has 2 nitrogen and oxygen atoms in total. The molecule has 1 saturated heterocycles. The van der Waals surface area contributed by atoms with E-state index in [0.29, 0.717) is 12.0 Å². The molecule has 4 heteroatoms. The van der Waals surface area contributed by atoms with Crippen LogP contribution in [0.15, 0.2) is 22.7 Å². The van der Waals surface area contributed by atoms with Gasteiger partial charge in [0.15, 0.2) is 0 Å². The fraction of sp³-hybridized carbons (Fsp3) is 0.538. The Labute approximate surface area is 116 Å². The Morgan fingerprint density at radius 3 is 2.71 bits per heavy atom. The number of benzene rings is 1. The van der Waals surface area contributed by atoms with E-state index in [-0.39, 0.29) is 0 Å². The van der Waals surface area contributed by atoms with Crippen molar-refractivity contribution in [1.82, 2.24) is 0 Å². The molecule has 1 aliphatic rings. The largest absolute Gasteiger partial charge is 0.381 e. The van der Waals surface area contributed by atoms with Crippen LogP contribution in [-0.4, -0.2) is 26.3 Å². The zero-order valence-electron chi connectivity index (χ0n) is 9.96. The molecule has 0 aromatic heterocycles. The molecule has 1 heterocycles. The molecule has 1 aromatic carbocycles. The van der Waals surface area contributed by atoms with Gasteiger partial charge in [-0.3, -0.25) is 0 Å². The summed E-state index contributed by atoms with van der Waals surface area (Å²) in [5, 5.41) is 0. The second-order valence-electron chi connectivity index (χ2n) is 4.33. The molecule has 1 aliphatic heterocycles. The number of piperidine rings is 1. The van der Waals surface area contributed by atoms with Crippen molar-refractivity contribution in [2.75, 3.05) is 25.1 Å². The molecule has 0 amide bonds. The SMILES string of the molecule is COC1CCN(c2cc(Br)ccc2CCl)CC1. The van der Waals surface area contributed by atoms with Gasteiger partial charge >= 0.3 is 0 Å². The second-order valence-corrected chi connectivity index (χ2v) is 5.51. The zero-order chi connectivity index (χ0) is 12.3. The first-order chi connectivity index (χ1) is 8.24. The first-order valence-corrected chi connectivity index (χ1v) is 7.19. The topological polar surface area (TPSA) is 12.5 Å². The predicted molar refractivity (Wildman–Crippen MR) is 75.9 cm³/mol. The Balaban J connectivity index is 2.14. The standard InChI is InChI=1S/C13H17BrClNO/c1-17-12-4-6-16(7-5-12)13-8-11(14)3-2-10(13)9-15/h2-3,8,12H,4-7,9H2,1H3. The minimum Gasteiger partial charge on any atom is -0.381 e. The van der Waals surface area contributed by atoms with E-state index < -0.39 is 0 Å². The van der Waals surface area contributed by atoms with Gasteiger partial charge in [-0.15, -0.1) is 11.6 Å². The molecule has 0 saturated carbocycles. The molecule has 94 valence electrons. The van der Waals surface area contributed by atoms with Gasteiger partial charge in [0, 0.05) is 36.2 Å². The van der Waals surface area contributed by atoms with E-state index in [9.17, 15) is 0 Å². The fourth-order valence-corrected chi connectivity index (χ4v) is 2.85. The monoisotopic (exact) mass is 317 g/mol. The average Bonchev–Trinajstić information content (AvgIpc) is 2.39. The van der Waals surface area contributed by atoms with Crippen molar-refractivity contribution in [3.63, 3.8) is 0 Å². The van der Waals surface area contributed by atoms with Gasteiger partial charge < -0.3 is 9.64 Å². The molecule has 0 N–H and O–H groups in total. The van der Waals surface area contributed by atoms with Crippen molar-refractivity contribution in [3.05, 3.63) is 28.2 Å². The third kappa shape index (κ3) is 3.15. The number of alkyl halides is 1.